The van der Waals surface area contributed by atoms with E-state index >= 15 is 0 Å². The quantitative estimate of drug-likeness (QED) is 0.313. The maximum absolute atomic E-state index is 13.7. The molecule has 1 N–H and O–H groups in total. The summed E-state index contributed by atoms with van der Waals surface area (Å²) in [5.41, 5.74) is 2.89. The zero-order valence-corrected chi connectivity index (χ0v) is 22.3. The third kappa shape index (κ3) is 4.68. The number of carbonyl (C=O) groups is 2. The van der Waals surface area contributed by atoms with Gasteiger partial charge in [-0.05, 0) is 44.2 Å². The van der Waals surface area contributed by atoms with E-state index in [0.717, 1.165) is 0 Å². The Balaban J connectivity index is 1.27. The Bertz CT molecular complexity index is 1760. The van der Waals surface area contributed by atoms with Gasteiger partial charge in [0.05, 0.1) is 17.4 Å². The highest BCUT2D eigenvalue weighted by molar-refractivity contribution is 7.16. The van der Waals surface area contributed by atoms with Gasteiger partial charge in [0.1, 0.15) is 22.8 Å². The van der Waals surface area contributed by atoms with Gasteiger partial charge < -0.3 is 19.4 Å². The second-order valence-electron chi connectivity index (χ2n) is 9.64. The van der Waals surface area contributed by atoms with E-state index in [0.29, 0.717) is 63.7 Å². The van der Waals surface area contributed by atoms with Crippen LogP contribution in [0.15, 0.2) is 42.9 Å². The zero-order valence-electron chi connectivity index (χ0n) is 21.4. The Labute approximate surface area is 229 Å². The third-order valence-electron chi connectivity index (χ3n) is 6.88. The first kappa shape index (κ1) is 25.9. The maximum Gasteiger partial charge on any atom is 0.443 e. The van der Waals surface area contributed by atoms with Crippen molar-refractivity contribution < 1.29 is 22.8 Å². The van der Waals surface area contributed by atoms with Crippen LogP contribution in [0.25, 0.3) is 33.7 Å². The van der Waals surface area contributed by atoms with Crippen LogP contribution in [0.3, 0.4) is 0 Å². The van der Waals surface area contributed by atoms with Gasteiger partial charge in [0.15, 0.2) is 17.3 Å². The molecule has 1 aliphatic heterocycles. The minimum Gasteiger partial charge on any atom is -0.358 e. The predicted octanol–water partition coefficient (Wildman–Crippen LogP) is 4.39. The lowest BCUT2D eigenvalue weighted by molar-refractivity contribution is -0.137. The van der Waals surface area contributed by atoms with Crippen LogP contribution < -0.4 is 4.90 Å². The zero-order chi connectivity index (χ0) is 28.2. The molecule has 0 saturated carbocycles. The fraction of sp³-hybridized carbons (Fsp3) is 0.308. The van der Waals surface area contributed by atoms with E-state index in [1.165, 1.54) is 6.92 Å². The van der Waals surface area contributed by atoms with E-state index in [4.69, 9.17) is 0 Å². The summed E-state index contributed by atoms with van der Waals surface area (Å²) < 4.78 is 42.9. The van der Waals surface area contributed by atoms with Gasteiger partial charge in [0.2, 0.25) is 10.9 Å². The Morgan fingerprint density at radius 3 is 2.70 bits per heavy atom. The minimum absolute atomic E-state index is 0.0586. The summed E-state index contributed by atoms with van der Waals surface area (Å²) >= 11 is 0.554. The second-order valence-corrected chi connectivity index (χ2v) is 10.6. The Morgan fingerprint density at radius 1 is 1.12 bits per heavy atom. The molecule has 1 aliphatic rings. The summed E-state index contributed by atoms with van der Waals surface area (Å²) in [7, 11) is 0. The molecule has 6 rings (SSSR count). The van der Waals surface area contributed by atoms with E-state index in [1.54, 1.807) is 46.3 Å². The van der Waals surface area contributed by atoms with Gasteiger partial charge >= 0.3 is 6.18 Å². The molecule has 1 saturated heterocycles. The third-order valence-corrected chi connectivity index (χ3v) is 8.04. The van der Waals surface area contributed by atoms with Crippen molar-refractivity contribution in [3.63, 3.8) is 0 Å². The molecule has 14 heteroatoms. The van der Waals surface area contributed by atoms with Crippen molar-refractivity contribution in [3.8, 4) is 11.5 Å². The lowest BCUT2D eigenvalue weighted by atomic mass is 10.1. The average Bonchev–Trinajstić information content (AvgIpc) is 3.64. The number of hydrogen-bond donors (Lipinski definition) is 1. The van der Waals surface area contributed by atoms with Gasteiger partial charge in [-0.25, -0.2) is 19.9 Å². The number of carbonyl (C=O) groups excluding carboxylic acids is 2. The van der Waals surface area contributed by atoms with Gasteiger partial charge in [0.25, 0.3) is 0 Å². The number of ketones is 1. The summed E-state index contributed by atoms with van der Waals surface area (Å²) in [6.45, 7) is 4.32. The minimum atomic E-state index is -4.63. The van der Waals surface area contributed by atoms with Crippen LogP contribution in [0.5, 0.6) is 0 Å². The number of thiazole rings is 1. The molecule has 0 bridgehead atoms. The van der Waals surface area contributed by atoms with E-state index in [9.17, 15) is 22.8 Å². The van der Waals surface area contributed by atoms with Crippen molar-refractivity contribution in [1.82, 2.24) is 34.4 Å². The van der Waals surface area contributed by atoms with Crippen LogP contribution >= 0.6 is 11.3 Å². The Kier molecular flexibility index (Phi) is 6.28. The normalized spacial score (nSPS) is 16.3. The summed E-state index contributed by atoms with van der Waals surface area (Å²) in [4.78, 5) is 48.5. The number of aromatic amines is 1. The van der Waals surface area contributed by atoms with Gasteiger partial charge in [0, 0.05) is 37.4 Å². The van der Waals surface area contributed by atoms with Gasteiger partial charge in [-0.15, -0.1) is 0 Å². The van der Waals surface area contributed by atoms with Crippen molar-refractivity contribution >= 4 is 50.2 Å². The summed E-state index contributed by atoms with van der Waals surface area (Å²) in [5, 5.41) is -0.657. The molecule has 1 aromatic carbocycles. The molecule has 1 atom stereocenters. The topological polar surface area (TPSA) is 113 Å². The molecule has 40 heavy (non-hydrogen) atoms. The molecular formula is C26H23F3N8O2S. The molecule has 0 aliphatic carbocycles. The number of rotatable bonds is 5. The molecule has 1 amide bonds. The standard InChI is InChI=1S/C26H23F3N8O2S/c1-14-11-35(8-9-37(14)20(39)12-36-13-31-18-4-3-7-30-23(18)36)24-21(34-25(40-24)26(27,28)29)22-32-17-6-5-16(15(2)38)10-19(17)33-22/h3-7,10,13-14H,8-9,11-12H2,1-2H3,(H,32,33). The van der Waals surface area contributed by atoms with Gasteiger partial charge in [-0.1, -0.05) is 11.3 Å². The first-order valence-electron chi connectivity index (χ1n) is 12.5. The number of imidazole rings is 2. The van der Waals surface area contributed by atoms with Crippen molar-refractivity contribution in [2.24, 2.45) is 0 Å². The smallest absolute Gasteiger partial charge is 0.358 e. The van der Waals surface area contributed by atoms with E-state index < -0.39 is 11.2 Å². The molecule has 1 fully saturated rings. The number of benzene rings is 1. The molecule has 5 aromatic rings. The summed E-state index contributed by atoms with van der Waals surface area (Å²) in [5.74, 6) is -0.0788. The number of nitrogens with one attached hydrogen (secondary N) is 1. The Hall–Kier alpha value is -4.33. The number of halogens is 3. The van der Waals surface area contributed by atoms with Crippen LogP contribution in [-0.2, 0) is 17.5 Å². The lowest BCUT2D eigenvalue weighted by Crippen LogP contribution is -2.54. The molecule has 4 aromatic heterocycles. The predicted molar refractivity (Wildman–Crippen MR) is 143 cm³/mol. The number of anilines is 1. The molecular weight excluding hydrogens is 545 g/mol. The van der Waals surface area contributed by atoms with Crippen molar-refractivity contribution in [2.75, 3.05) is 24.5 Å². The summed E-state index contributed by atoms with van der Waals surface area (Å²) in [6.07, 6.45) is -1.42. The summed E-state index contributed by atoms with van der Waals surface area (Å²) in [6, 6.07) is 8.21. The number of Topliss-reactive ketones (excluding diaryl/α,β-unsaturated/α-hetero) is 1. The highest BCUT2D eigenvalue weighted by atomic mass is 32.1. The largest absolute Gasteiger partial charge is 0.443 e. The number of fused-ring (bicyclic) bond motifs is 2. The van der Waals surface area contributed by atoms with Crippen molar-refractivity contribution in [1.29, 1.82) is 0 Å². The number of hydrogen-bond acceptors (Lipinski definition) is 8. The van der Waals surface area contributed by atoms with Crippen LogP contribution in [0.1, 0.15) is 29.2 Å². The van der Waals surface area contributed by atoms with Gasteiger partial charge in [-0.2, -0.15) is 13.2 Å². The number of nitrogens with zero attached hydrogens (tertiary/aromatic N) is 7. The van der Waals surface area contributed by atoms with E-state index in [-0.39, 0.29) is 35.8 Å². The molecule has 1 unspecified atom stereocenters. The van der Waals surface area contributed by atoms with Crippen LogP contribution in [0.4, 0.5) is 18.2 Å². The Morgan fingerprint density at radius 2 is 1.95 bits per heavy atom. The number of piperazine rings is 1. The average molecular weight is 569 g/mol. The number of amides is 1. The number of H-pyrrole nitrogens is 1. The van der Waals surface area contributed by atoms with Crippen LogP contribution in [-0.4, -0.2) is 71.8 Å². The maximum atomic E-state index is 13.7. The number of aromatic nitrogens is 6. The highest BCUT2D eigenvalue weighted by Crippen LogP contribution is 2.42. The van der Waals surface area contributed by atoms with Gasteiger partial charge in [-0.3, -0.25) is 9.59 Å². The van der Waals surface area contributed by atoms with Crippen molar-refractivity contribution in [3.05, 3.63) is 53.4 Å². The molecule has 5 heterocycles. The fourth-order valence-corrected chi connectivity index (χ4v) is 5.87. The lowest BCUT2D eigenvalue weighted by Gasteiger charge is -2.40. The fourth-order valence-electron chi connectivity index (χ4n) is 4.90. The molecule has 206 valence electrons. The second kappa shape index (κ2) is 9.70. The highest BCUT2D eigenvalue weighted by Gasteiger charge is 2.39. The van der Waals surface area contributed by atoms with Crippen LogP contribution in [0.2, 0.25) is 0 Å². The molecule has 10 nitrogen and oxygen atoms in total. The SMILES string of the molecule is CC(=O)c1ccc2nc(-c3nc(C(F)(F)F)sc3N3CCN(C(=O)Cn4cnc5cccnc54)C(C)C3)[nH]c2c1. The molecule has 0 spiro atoms. The number of pyridine rings is 1. The van der Waals surface area contributed by atoms with Crippen molar-refractivity contribution in [2.45, 2.75) is 32.6 Å². The number of alkyl halides is 3. The first-order chi connectivity index (χ1) is 19.1. The first-order valence-corrected chi connectivity index (χ1v) is 13.3. The van der Waals surface area contributed by atoms with E-state index in [1.807, 2.05) is 17.9 Å². The van der Waals surface area contributed by atoms with Crippen LogP contribution in [0, 0.1) is 0 Å². The molecule has 0 radical (unpaired) electrons. The monoisotopic (exact) mass is 568 g/mol. The van der Waals surface area contributed by atoms with E-state index in [2.05, 4.69) is 24.9 Å².